The van der Waals surface area contributed by atoms with E-state index in [0.717, 1.165) is 31.0 Å². The van der Waals surface area contributed by atoms with Crippen LogP contribution in [0.3, 0.4) is 0 Å². The largest absolute Gasteiger partial charge is 0.417 e. The van der Waals surface area contributed by atoms with Crippen molar-refractivity contribution < 1.29 is 22.8 Å². The molecule has 2 saturated heterocycles. The first-order valence-corrected chi connectivity index (χ1v) is 14.1. The Morgan fingerprint density at radius 3 is 2.27 bits per heavy atom. The average molecular weight is 572 g/mol. The zero-order valence-corrected chi connectivity index (χ0v) is 23.0. The number of carbonyl (C=O) groups is 2. The number of nitrogens with one attached hydrogen (secondary N) is 1. The van der Waals surface area contributed by atoms with Crippen LogP contribution in [0.4, 0.5) is 30.4 Å². The Bertz CT molecular complexity index is 1230. The number of rotatable bonds is 9. The second-order valence-electron chi connectivity index (χ2n) is 10.5. The van der Waals surface area contributed by atoms with E-state index in [-0.39, 0.29) is 17.7 Å². The fourth-order valence-corrected chi connectivity index (χ4v) is 5.31. The van der Waals surface area contributed by atoms with E-state index in [9.17, 15) is 22.8 Å². The number of nitrogens with zero attached hydrogens (tertiary/aromatic N) is 5. The first-order valence-electron chi connectivity index (χ1n) is 14.1. The fraction of sp³-hybridized carbons (Fsp3) is 0.517. The molecule has 3 N–H and O–H groups in total. The summed E-state index contributed by atoms with van der Waals surface area (Å²) in [5.74, 6) is 0.175. The van der Waals surface area contributed by atoms with Gasteiger partial charge in [0.1, 0.15) is 5.82 Å². The summed E-state index contributed by atoms with van der Waals surface area (Å²) in [6, 6.07) is 8.97. The van der Waals surface area contributed by atoms with Crippen molar-refractivity contribution in [2.24, 2.45) is 11.7 Å². The van der Waals surface area contributed by atoms with E-state index >= 15 is 0 Å². The van der Waals surface area contributed by atoms with Crippen LogP contribution in [0, 0.1) is 17.2 Å². The highest BCUT2D eigenvalue weighted by Crippen LogP contribution is 2.35. The summed E-state index contributed by atoms with van der Waals surface area (Å²) in [5.41, 5.74) is 5.47. The van der Waals surface area contributed by atoms with Gasteiger partial charge in [-0.05, 0) is 62.6 Å². The third-order valence-corrected chi connectivity index (χ3v) is 7.75. The molecule has 2 aromatic rings. The van der Waals surface area contributed by atoms with Crippen LogP contribution in [0.25, 0.3) is 0 Å². The van der Waals surface area contributed by atoms with Crippen LogP contribution in [0.5, 0.6) is 0 Å². The van der Waals surface area contributed by atoms with Gasteiger partial charge < -0.3 is 25.8 Å². The zero-order valence-electron chi connectivity index (χ0n) is 23.0. The van der Waals surface area contributed by atoms with Crippen LogP contribution < -0.4 is 20.9 Å². The Kier molecular flexibility index (Phi) is 10.0. The van der Waals surface area contributed by atoms with E-state index in [2.05, 4.69) is 15.2 Å². The molecule has 4 rings (SSSR count). The molecule has 2 aliphatic heterocycles. The molecule has 0 spiro atoms. The fourth-order valence-electron chi connectivity index (χ4n) is 5.31. The number of pyridine rings is 1. The molecule has 0 unspecified atom stereocenters. The first-order chi connectivity index (χ1) is 19.7. The van der Waals surface area contributed by atoms with Crippen molar-refractivity contribution >= 4 is 29.0 Å². The van der Waals surface area contributed by atoms with E-state index < -0.39 is 17.3 Å². The molecule has 0 saturated carbocycles. The van der Waals surface area contributed by atoms with Gasteiger partial charge in [0.25, 0.3) is 0 Å². The summed E-state index contributed by atoms with van der Waals surface area (Å²) in [5, 5.41) is 11.9. The predicted molar refractivity (Wildman–Crippen MR) is 150 cm³/mol. The van der Waals surface area contributed by atoms with E-state index in [0.29, 0.717) is 76.6 Å². The number of aromatic nitrogens is 1. The van der Waals surface area contributed by atoms with Gasteiger partial charge in [-0.3, -0.25) is 9.59 Å². The standard InChI is InChI=1S/C29H36F3N7O2/c30-29(31,32)25-18-23(6-5-22(25)19-34)37-12-9-21(10-13-37)28(41)36-26-8-7-24(20-35-26)38-14-16-39(17-15-38)27(40)4-2-1-3-11-33/h5-8,18,20-21H,1-4,9-17,33H2,(H,35,36,41). The van der Waals surface area contributed by atoms with Crippen molar-refractivity contribution in [2.45, 2.75) is 44.7 Å². The normalized spacial score (nSPS) is 16.4. The van der Waals surface area contributed by atoms with Gasteiger partial charge in [-0.2, -0.15) is 18.4 Å². The molecule has 0 aliphatic carbocycles. The molecule has 220 valence electrons. The quantitative estimate of drug-likeness (QED) is 0.437. The van der Waals surface area contributed by atoms with Gasteiger partial charge in [-0.15, -0.1) is 0 Å². The molecular weight excluding hydrogens is 535 g/mol. The second kappa shape index (κ2) is 13.7. The highest BCUT2D eigenvalue weighted by Gasteiger charge is 2.35. The van der Waals surface area contributed by atoms with Gasteiger partial charge in [0.2, 0.25) is 11.8 Å². The van der Waals surface area contributed by atoms with Crippen molar-refractivity contribution in [2.75, 3.05) is 60.9 Å². The molecule has 9 nitrogen and oxygen atoms in total. The number of piperazine rings is 1. The maximum atomic E-state index is 13.3. The third-order valence-electron chi connectivity index (χ3n) is 7.75. The Labute approximate surface area is 238 Å². The van der Waals surface area contributed by atoms with E-state index in [1.165, 1.54) is 12.1 Å². The van der Waals surface area contributed by atoms with Crippen molar-refractivity contribution in [3.05, 3.63) is 47.7 Å². The molecule has 1 aromatic carbocycles. The minimum absolute atomic E-state index is 0.167. The lowest BCUT2D eigenvalue weighted by Gasteiger charge is -2.36. The van der Waals surface area contributed by atoms with Gasteiger partial charge in [0.05, 0.1) is 29.1 Å². The van der Waals surface area contributed by atoms with Gasteiger partial charge in [-0.1, -0.05) is 6.42 Å². The third kappa shape index (κ3) is 7.88. The summed E-state index contributed by atoms with van der Waals surface area (Å²) in [4.78, 5) is 35.6. The SMILES string of the molecule is N#Cc1ccc(N2CCC(C(=O)Nc3ccc(N4CCN(C(=O)CCCCCN)CC4)cn3)CC2)cc1C(F)(F)F. The number of nitriles is 1. The second-order valence-corrected chi connectivity index (χ2v) is 10.5. The summed E-state index contributed by atoms with van der Waals surface area (Å²) in [7, 11) is 0. The number of nitrogens with two attached hydrogens (primary N) is 1. The van der Waals surface area contributed by atoms with Crippen molar-refractivity contribution in [3.63, 3.8) is 0 Å². The summed E-state index contributed by atoms with van der Waals surface area (Å²) in [6.07, 6.45) is 1.42. The zero-order chi connectivity index (χ0) is 29.4. The molecule has 2 aliphatic rings. The number of unbranched alkanes of at least 4 members (excludes halogenated alkanes) is 2. The van der Waals surface area contributed by atoms with Gasteiger partial charge in [-0.25, -0.2) is 4.98 Å². The number of halogens is 3. The van der Waals surface area contributed by atoms with Crippen LogP contribution in [0.15, 0.2) is 36.5 Å². The Morgan fingerprint density at radius 2 is 1.66 bits per heavy atom. The average Bonchev–Trinajstić information content (AvgIpc) is 2.99. The number of alkyl halides is 3. The highest BCUT2D eigenvalue weighted by atomic mass is 19.4. The lowest BCUT2D eigenvalue weighted by atomic mass is 9.95. The number of carbonyl (C=O) groups excluding carboxylic acids is 2. The first kappa shape index (κ1) is 30.1. The number of piperidine rings is 1. The van der Waals surface area contributed by atoms with Gasteiger partial charge in [0, 0.05) is 57.3 Å². The maximum absolute atomic E-state index is 13.3. The maximum Gasteiger partial charge on any atom is 0.417 e. The highest BCUT2D eigenvalue weighted by molar-refractivity contribution is 5.92. The Morgan fingerprint density at radius 1 is 0.976 bits per heavy atom. The molecular formula is C29H36F3N7O2. The number of hydrogen-bond donors (Lipinski definition) is 2. The lowest BCUT2D eigenvalue weighted by Crippen LogP contribution is -2.48. The van der Waals surface area contributed by atoms with Crippen molar-refractivity contribution in [3.8, 4) is 6.07 Å². The lowest BCUT2D eigenvalue weighted by molar-refractivity contribution is -0.137. The smallest absolute Gasteiger partial charge is 0.371 e. The minimum Gasteiger partial charge on any atom is -0.371 e. The Hall–Kier alpha value is -3.85. The van der Waals surface area contributed by atoms with E-state index in [1.54, 1.807) is 18.3 Å². The van der Waals surface area contributed by atoms with Crippen LogP contribution in [-0.2, 0) is 15.8 Å². The molecule has 0 radical (unpaired) electrons. The number of anilines is 3. The number of hydrogen-bond acceptors (Lipinski definition) is 7. The predicted octanol–water partition coefficient (Wildman–Crippen LogP) is 3.99. The summed E-state index contributed by atoms with van der Waals surface area (Å²) >= 11 is 0. The monoisotopic (exact) mass is 571 g/mol. The number of amides is 2. The molecule has 0 bridgehead atoms. The minimum atomic E-state index is -4.61. The van der Waals surface area contributed by atoms with Gasteiger partial charge >= 0.3 is 6.18 Å². The van der Waals surface area contributed by atoms with E-state index in [4.69, 9.17) is 11.0 Å². The van der Waals surface area contributed by atoms with Crippen LogP contribution in [-0.4, -0.2) is 67.5 Å². The molecule has 2 amide bonds. The van der Waals surface area contributed by atoms with Crippen LogP contribution in [0.2, 0.25) is 0 Å². The summed E-state index contributed by atoms with van der Waals surface area (Å²) < 4.78 is 40.0. The molecule has 12 heteroatoms. The molecule has 2 fully saturated rings. The van der Waals surface area contributed by atoms with E-state index in [1.807, 2.05) is 15.9 Å². The van der Waals surface area contributed by atoms with Gasteiger partial charge in [0.15, 0.2) is 0 Å². The summed E-state index contributed by atoms with van der Waals surface area (Å²) in [6.45, 7) is 4.25. The molecule has 3 heterocycles. The molecule has 41 heavy (non-hydrogen) atoms. The van der Waals surface area contributed by atoms with Crippen LogP contribution >= 0.6 is 0 Å². The molecule has 0 atom stereocenters. The van der Waals surface area contributed by atoms with Crippen molar-refractivity contribution in [1.82, 2.24) is 9.88 Å². The Balaban J connectivity index is 1.23. The van der Waals surface area contributed by atoms with Crippen molar-refractivity contribution in [1.29, 1.82) is 5.26 Å². The topological polar surface area (TPSA) is 119 Å². The van der Waals surface area contributed by atoms with Crippen LogP contribution in [0.1, 0.15) is 49.7 Å². The molecule has 1 aromatic heterocycles. The number of benzene rings is 1.